The lowest BCUT2D eigenvalue weighted by molar-refractivity contribution is -0.136. The molecule has 2 aromatic carbocycles. The SMILES string of the molecule is O=C1CCC(N2Cc3c(CNc4ccc5c(c4)CCNC5)cccc3C2=O)C(=O)N1. The van der Waals surface area contributed by atoms with Crippen molar-refractivity contribution < 1.29 is 14.4 Å². The van der Waals surface area contributed by atoms with Crippen molar-refractivity contribution in [2.75, 3.05) is 11.9 Å². The number of anilines is 1. The Balaban J connectivity index is 1.33. The second kappa shape index (κ2) is 7.57. The summed E-state index contributed by atoms with van der Waals surface area (Å²) in [5.74, 6) is -0.788. The van der Waals surface area contributed by atoms with Crippen molar-refractivity contribution in [1.29, 1.82) is 0 Å². The molecule has 3 aliphatic heterocycles. The van der Waals surface area contributed by atoms with Crippen molar-refractivity contribution in [3.8, 4) is 0 Å². The molecule has 0 bridgehead atoms. The molecule has 0 saturated carbocycles. The summed E-state index contributed by atoms with van der Waals surface area (Å²) in [5.41, 5.74) is 6.45. The molecular formula is C23H24N4O3. The van der Waals surface area contributed by atoms with Gasteiger partial charge in [0.05, 0.1) is 0 Å². The third-order valence-corrected chi connectivity index (χ3v) is 6.25. The van der Waals surface area contributed by atoms with Gasteiger partial charge in [-0.25, -0.2) is 0 Å². The molecule has 154 valence electrons. The highest BCUT2D eigenvalue weighted by Gasteiger charge is 2.39. The van der Waals surface area contributed by atoms with Gasteiger partial charge in [0.25, 0.3) is 5.91 Å². The van der Waals surface area contributed by atoms with E-state index in [9.17, 15) is 14.4 Å². The molecule has 30 heavy (non-hydrogen) atoms. The summed E-state index contributed by atoms with van der Waals surface area (Å²) in [7, 11) is 0. The van der Waals surface area contributed by atoms with E-state index >= 15 is 0 Å². The molecule has 0 aliphatic carbocycles. The Morgan fingerprint density at radius 3 is 2.83 bits per heavy atom. The number of hydrogen-bond acceptors (Lipinski definition) is 5. The zero-order valence-corrected chi connectivity index (χ0v) is 16.7. The van der Waals surface area contributed by atoms with Gasteiger partial charge in [0.2, 0.25) is 11.8 Å². The van der Waals surface area contributed by atoms with E-state index in [1.165, 1.54) is 11.1 Å². The van der Waals surface area contributed by atoms with Gasteiger partial charge in [0.1, 0.15) is 6.04 Å². The Labute approximate surface area is 174 Å². The fourth-order valence-electron chi connectivity index (χ4n) is 4.60. The summed E-state index contributed by atoms with van der Waals surface area (Å²) >= 11 is 0. The fraction of sp³-hybridized carbons (Fsp3) is 0.348. The standard InChI is InChI=1S/C23H24N4O3/c28-21-7-6-20(22(29)26-21)27-13-19-16(2-1-3-18(19)23(27)30)12-25-17-5-4-15-11-24-9-8-14(15)10-17/h1-5,10,20,24-25H,6-9,11-13H2,(H,26,28,29). The molecule has 3 amide bonds. The first-order valence-corrected chi connectivity index (χ1v) is 10.4. The topological polar surface area (TPSA) is 90.5 Å². The van der Waals surface area contributed by atoms with Crippen molar-refractivity contribution in [2.45, 2.75) is 44.9 Å². The molecule has 1 atom stereocenters. The van der Waals surface area contributed by atoms with Crippen LogP contribution in [0.2, 0.25) is 0 Å². The van der Waals surface area contributed by atoms with Crippen LogP contribution in [0.25, 0.3) is 0 Å². The van der Waals surface area contributed by atoms with Crippen LogP contribution < -0.4 is 16.0 Å². The van der Waals surface area contributed by atoms with E-state index in [1.54, 1.807) is 4.90 Å². The molecule has 0 aromatic heterocycles. The van der Waals surface area contributed by atoms with Gasteiger partial charge in [0, 0.05) is 37.3 Å². The molecule has 3 heterocycles. The van der Waals surface area contributed by atoms with E-state index in [4.69, 9.17) is 0 Å². The quantitative estimate of drug-likeness (QED) is 0.675. The van der Waals surface area contributed by atoms with E-state index < -0.39 is 6.04 Å². The van der Waals surface area contributed by atoms with E-state index in [1.807, 2.05) is 18.2 Å². The maximum Gasteiger partial charge on any atom is 0.255 e. The van der Waals surface area contributed by atoms with E-state index in [2.05, 4.69) is 34.1 Å². The van der Waals surface area contributed by atoms with Crippen LogP contribution in [0, 0.1) is 0 Å². The first-order valence-electron chi connectivity index (χ1n) is 10.4. The predicted molar refractivity (Wildman–Crippen MR) is 112 cm³/mol. The Bertz CT molecular complexity index is 1050. The highest BCUT2D eigenvalue weighted by molar-refractivity contribution is 6.05. The number of nitrogens with one attached hydrogen (secondary N) is 3. The van der Waals surface area contributed by atoms with Gasteiger partial charge >= 0.3 is 0 Å². The maximum absolute atomic E-state index is 12.9. The van der Waals surface area contributed by atoms with Gasteiger partial charge in [-0.1, -0.05) is 18.2 Å². The van der Waals surface area contributed by atoms with Crippen LogP contribution in [0.5, 0.6) is 0 Å². The molecule has 1 saturated heterocycles. The highest BCUT2D eigenvalue weighted by Crippen LogP contribution is 2.30. The molecule has 3 aliphatic rings. The molecular weight excluding hydrogens is 380 g/mol. The predicted octanol–water partition coefficient (Wildman–Crippen LogP) is 1.71. The van der Waals surface area contributed by atoms with Crippen molar-refractivity contribution in [1.82, 2.24) is 15.5 Å². The average Bonchev–Trinajstić information content (AvgIpc) is 3.09. The van der Waals surface area contributed by atoms with Crippen molar-refractivity contribution >= 4 is 23.4 Å². The summed E-state index contributed by atoms with van der Waals surface area (Å²) in [6, 6.07) is 11.6. The number of amides is 3. The molecule has 1 fully saturated rings. The molecule has 3 N–H and O–H groups in total. The molecule has 5 rings (SSSR count). The van der Waals surface area contributed by atoms with E-state index in [0.29, 0.717) is 25.1 Å². The van der Waals surface area contributed by atoms with Gasteiger partial charge in [-0.15, -0.1) is 0 Å². The first kappa shape index (κ1) is 18.8. The minimum Gasteiger partial charge on any atom is -0.381 e. The average molecular weight is 404 g/mol. The zero-order chi connectivity index (χ0) is 20.7. The van der Waals surface area contributed by atoms with Crippen LogP contribution in [-0.2, 0) is 35.6 Å². The van der Waals surface area contributed by atoms with Gasteiger partial charge < -0.3 is 15.5 Å². The minimum atomic E-state index is -0.585. The van der Waals surface area contributed by atoms with Crippen molar-refractivity contribution in [2.24, 2.45) is 0 Å². The van der Waals surface area contributed by atoms with Crippen LogP contribution in [-0.4, -0.2) is 35.2 Å². The fourth-order valence-corrected chi connectivity index (χ4v) is 4.60. The van der Waals surface area contributed by atoms with Crippen LogP contribution in [0.1, 0.15) is 45.5 Å². The second-order valence-electron chi connectivity index (χ2n) is 8.11. The monoisotopic (exact) mass is 404 g/mol. The third-order valence-electron chi connectivity index (χ3n) is 6.25. The Kier molecular flexibility index (Phi) is 4.75. The van der Waals surface area contributed by atoms with E-state index in [-0.39, 0.29) is 24.1 Å². The van der Waals surface area contributed by atoms with Crippen molar-refractivity contribution in [3.63, 3.8) is 0 Å². The lowest BCUT2D eigenvalue weighted by atomic mass is 10.00. The number of imide groups is 1. The Morgan fingerprint density at radius 1 is 1.07 bits per heavy atom. The lowest BCUT2D eigenvalue weighted by Gasteiger charge is -2.29. The van der Waals surface area contributed by atoms with Crippen LogP contribution >= 0.6 is 0 Å². The number of fused-ring (bicyclic) bond motifs is 2. The second-order valence-corrected chi connectivity index (χ2v) is 8.11. The summed E-state index contributed by atoms with van der Waals surface area (Å²) in [6.07, 6.45) is 1.67. The number of nitrogens with zero attached hydrogens (tertiary/aromatic N) is 1. The summed E-state index contributed by atoms with van der Waals surface area (Å²) < 4.78 is 0. The van der Waals surface area contributed by atoms with Gasteiger partial charge in [-0.05, 0) is 59.8 Å². The molecule has 0 spiro atoms. The summed E-state index contributed by atoms with van der Waals surface area (Å²) in [4.78, 5) is 38.3. The lowest BCUT2D eigenvalue weighted by Crippen LogP contribution is -2.52. The number of hydrogen-bond donors (Lipinski definition) is 3. The molecule has 2 aromatic rings. The van der Waals surface area contributed by atoms with Gasteiger partial charge in [-0.2, -0.15) is 0 Å². The number of benzene rings is 2. The first-order chi connectivity index (χ1) is 14.6. The minimum absolute atomic E-state index is 0.136. The maximum atomic E-state index is 12.9. The van der Waals surface area contributed by atoms with Crippen LogP contribution in [0.4, 0.5) is 5.69 Å². The Morgan fingerprint density at radius 2 is 1.97 bits per heavy atom. The number of piperidine rings is 1. The summed E-state index contributed by atoms with van der Waals surface area (Å²) in [6.45, 7) is 2.92. The third kappa shape index (κ3) is 3.35. The number of carbonyl (C=O) groups excluding carboxylic acids is 3. The van der Waals surface area contributed by atoms with Crippen LogP contribution in [0.3, 0.4) is 0 Å². The molecule has 7 nitrogen and oxygen atoms in total. The van der Waals surface area contributed by atoms with Gasteiger partial charge in [0.15, 0.2) is 0 Å². The molecule has 7 heteroatoms. The zero-order valence-electron chi connectivity index (χ0n) is 16.7. The number of rotatable bonds is 4. The van der Waals surface area contributed by atoms with E-state index in [0.717, 1.165) is 36.3 Å². The van der Waals surface area contributed by atoms with Crippen LogP contribution in [0.15, 0.2) is 36.4 Å². The summed E-state index contributed by atoms with van der Waals surface area (Å²) in [5, 5.41) is 9.22. The van der Waals surface area contributed by atoms with Crippen molar-refractivity contribution in [3.05, 3.63) is 64.2 Å². The Hall–Kier alpha value is -3.19. The largest absolute Gasteiger partial charge is 0.381 e. The number of carbonyl (C=O) groups is 3. The van der Waals surface area contributed by atoms with Gasteiger partial charge in [-0.3, -0.25) is 19.7 Å². The molecule has 0 radical (unpaired) electrons. The smallest absolute Gasteiger partial charge is 0.255 e. The highest BCUT2D eigenvalue weighted by atomic mass is 16.2. The molecule has 1 unspecified atom stereocenters. The normalized spacial score (nSPS) is 20.6.